The highest BCUT2D eigenvalue weighted by atomic mass is 16.8. The summed E-state index contributed by atoms with van der Waals surface area (Å²) in [7, 11) is 1.60. The average molecular weight is 252 g/mol. The van der Waals surface area contributed by atoms with Gasteiger partial charge < -0.3 is 19.7 Å². The number of rotatable bonds is 2. The fraction of sp³-hybridized carbons (Fsp3) is 0.600. The second-order valence-electron chi connectivity index (χ2n) is 4.33. The molecule has 2 atom stereocenters. The molecule has 0 amide bonds. The Morgan fingerprint density at radius 2 is 2.44 bits per heavy atom. The zero-order chi connectivity index (χ0) is 12.7. The number of imidazole rings is 1. The Morgan fingerprint density at radius 3 is 3.17 bits per heavy atom. The van der Waals surface area contributed by atoms with Crippen LogP contribution in [0.4, 0.5) is 5.82 Å². The number of hydrogen-bond donors (Lipinski definition) is 0. The highest BCUT2D eigenvalue weighted by molar-refractivity contribution is 6.00. The summed E-state index contributed by atoms with van der Waals surface area (Å²) in [6.07, 6.45) is 2.68. The molecule has 3 heterocycles. The molecule has 8 nitrogen and oxygen atoms in total. The summed E-state index contributed by atoms with van der Waals surface area (Å²) in [5.74, 6) is 0.423. The lowest BCUT2D eigenvalue weighted by Crippen LogP contribution is -2.32. The fourth-order valence-corrected chi connectivity index (χ4v) is 2.32. The quantitative estimate of drug-likeness (QED) is 0.573. The molecule has 0 bridgehead atoms. The number of nitrogens with zero attached hydrogens (tertiary/aromatic N) is 4. The van der Waals surface area contributed by atoms with E-state index >= 15 is 0 Å². The number of nitro groups is 1. The maximum absolute atomic E-state index is 10.8. The predicted molar refractivity (Wildman–Crippen MR) is 59.9 cm³/mol. The molecular formula is C10H12N4O4. The van der Waals surface area contributed by atoms with Crippen molar-refractivity contribution in [2.24, 2.45) is 18.1 Å². The van der Waals surface area contributed by atoms with Gasteiger partial charge >= 0.3 is 5.82 Å². The summed E-state index contributed by atoms with van der Waals surface area (Å²) in [6.45, 7) is 0.657. The van der Waals surface area contributed by atoms with E-state index in [0.717, 1.165) is 12.8 Å². The molecule has 2 aliphatic rings. The van der Waals surface area contributed by atoms with Gasteiger partial charge in [-0.3, -0.25) is 0 Å². The van der Waals surface area contributed by atoms with Crippen LogP contribution in [-0.2, 0) is 16.6 Å². The first-order valence-corrected chi connectivity index (χ1v) is 5.70. The van der Waals surface area contributed by atoms with E-state index in [0.29, 0.717) is 18.1 Å². The van der Waals surface area contributed by atoms with E-state index in [9.17, 15) is 10.1 Å². The van der Waals surface area contributed by atoms with Gasteiger partial charge in [-0.1, -0.05) is 5.16 Å². The van der Waals surface area contributed by atoms with Crippen LogP contribution < -0.4 is 0 Å². The number of fused-ring (bicyclic) bond motifs is 1. The van der Waals surface area contributed by atoms with Crippen molar-refractivity contribution in [3.8, 4) is 0 Å². The summed E-state index contributed by atoms with van der Waals surface area (Å²) in [5.41, 5.74) is 0.635. The van der Waals surface area contributed by atoms with Crippen LogP contribution in [0.2, 0.25) is 0 Å². The topological polar surface area (TPSA) is 91.8 Å². The molecule has 1 fully saturated rings. The van der Waals surface area contributed by atoms with Gasteiger partial charge in [-0.15, -0.1) is 0 Å². The molecule has 0 N–H and O–H groups in total. The lowest BCUT2D eigenvalue weighted by atomic mass is 9.95. The summed E-state index contributed by atoms with van der Waals surface area (Å²) < 4.78 is 6.86. The van der Waals surface area contributed by atoms with E-state index in [1.807, 2.05) is 0 Å². The molecule has 8 heteroatoms. The lowest BCUT2D eigenvalue weighted by molar-refractivity contribution is -0.391. The second-order valence-corrected chi connectivity index (χ2v) is 4.33. The van der Waals surface area contributed by atoms with Crippen molar-refractivity contribution in [1.29, 1.82) is 0 Å². The average Bonchev–Trinajstić information content (AvgIpc) is 2.92. The van der Waals surface area contributed by atoms with Crippen molar-refractivity contribution in [1.82, 2.24) is 9.55 Å². The van der Waals surface area contributed by atoms with Gasteiger partial charge in [-0.2, -0.15) is 0 Å². The molecule has 0 aliphatic carbocycles. The van der Waals surface area contributed by atoms with Gasteiger partial charge in [0.1, 0.15) is 6.20 Å². The van der Waals surface area contributed by atoms with Gasteiger partial charge in [0.05, 0.1) is 19.6 Å². The molecule has 18 heavy (non-hydrogen) atoms. The summed E-state index contributed by atoms with van der Waals surface area (Å²) >= 11 is 0. The van der Waals surface area contributed by atoms with Crippen molar-refractivity contribution in [2.75, 3.05) is 6.61 Å². The van der Waals surface area contributed by atoms with Crippen LogP contribution in [0.25, 0.3) is 0 Å². The Kier molecular flexibility index (Phi) is 2.51. The normalized spacial score (nSPS) is 26.4. The van der Waals surface area contributed by atoms with Crippen molar-refractivity contribution < 1.29 is 14.5 Å². The Bertz CT molecular complexity index is 524. The van der Waals surface area contributed by atoms with Gasteiger partial charge in [0.25, 0.3) is 0 Å². The molecule has 0 aromatic carbocycles. The first kappa shape index (κ1) is 11.1. The minimum Gasteiger partial charge on any atom is -0.362 e. The van der Waals surface area contributed by atoms with Gasteiger partial charge in [0.2, 0.25) is 12.1 Å². The molecule has 2 aliphatic heterocycles. The molecule has 1 aromatic rings. The maximum Gasteiger partial charge on any atom is 0.342 e. The van der Waals surface area contributed by atoms with Gasteiger partial charge in [0, 0.05) is 0 Å². The summed E-state index contributed by atoms with van der Waals surface area (Å²) in [6, 6.07) is 0. The largest absolute Gasteiger partial charge is 0.362 e. The molecule has 1 aromatic heterocycles. The Balaban J connectivity index is 1.93. The van der Waals surface area contributed by atoms with Crippen LogP contribution >= 0.6 is 0 Å². The van der Waals surface area contributed by atoms with Crippen LogP contribution in [0.1, 0.15) is 18.7 Å². The van der Waals surface area contributed by atoms with Crippen molar-refractivity contribution >= 4 is 11.5 Å². The van der Waals surface area contributed by atoms with Crippen LogP contribution in [0.15, 0.2) is 11.4 Å². The van der Waals surface area contributed by atoms with Crippen LogP contribution in [-0.4, -0.2) is 33.1 Å². The first-order valence-electron chi connectivity index (χ1n) is 5.70. The molecule has 96 valence electrons. The molecule has 0 spiro atoms. The Labute approximate surface area is 102 Å². The predicted octanol–water partition coefficient (Wildman–Crippen LogP) is 0.815. The third-order valence-electron chi connectivity index (χ3n) is 3.26. The van der Waals surface area contributed by atoms with Crippen LogP contribution in [0.5, 0.6) is 0 Å². The van der Waals surface area contributed by atoms with E-state index in [1.54, 1.807) is 7.05 Å². The molecule has 3 rings (SSSR count). The van der Waals surface area contributed by atoms with Crippen molar-refractivity contribution in [3.05, 3.63) is 22.1 Å². The van der Waals surface area contributed by atoms with E-state index in [4.69, 9.17) is 9.57 Å². The molecule has 0 saturated carbocycles. The SMILES string of the molecule is Cn1c([N+](=O)[O-])cnc1C1=NOC2OCCCC12. The van der Waals surface area contributed by atoms with E-state index in [1.165, 1.54) is 10.8 Å². The second kappa shape index (κ2) is 4.05. The van der Waals surface area contributed by atoms with Gasteiger partial charge in [0.15, 0.2) is 5.71 Å². The minimum atomic E-state index is -0.471. The zero-order valence-electron chi connectivity index (χ0n) is 9.78. The lowest BCUT2D eigenvalue weighted by Gasteiger charge is -2.22. The number of hydrogen-bond acceptors (Lipinski definition) is 6. The van der Waals surface area contributed by atoms with Crippen molar-refractivity contribution in [2.45, 2.75) is 19.1 Å². The summed E-state index contributed by atoms with van der Waals surface area (Å²) in [5, 5.41) is 14.8. The fourth-order valence-electron chi connectivity index (χ4n) is 2.32. The first-order chi connectivity index (χ1) is 8.68. The number of aromatic nitrogens is 2. The van der Waals surface area contributed by atoms with E-state index < -0.39 is 4.92 Å². The monoisotopic (exact) mass is 252 g/mol. The standard InChI is InChI=1S/C10H12N4O4/c1-13-7(14(15)16)5-11-9(13)8-6-3-2-4-17-10(6)18-12-8/h5-6,10H,2-4H2,1H3. The highest BCUT2D eigenvalue weighted by Gasteiger charge is 2.41. The van der Waals surface area contributed by atoms with Gasteiger partial charge in [-0.05, 0) is 17.8 Å². The van der Waals surface area contributed by atoms with Gasteiger partial charge in [-0.25, -0.2) is 9.55 Å². The van der Waals surface area contributed by atoms with Crippen LogP contribution in [0, 0.1) is 16.0 Å². The summed E-state index contributed by atoms with van der Waals surface area (Å²) in [4.78, 5) is 19.6. The maximum atomic E-state index is 10.8. The zero-order valence-corrected chi connectivity index (χ0v) is 9.78. The number of oxime groups is 1. The van der Waals surface area contributed by atoms with Crippen molar-refractivity contribution in [3.63, 3.8) is 0 Å². The highest BCUT2D eigenvalue weighted by Crippen LogP contribution is 2.31. The third kappa shape index (κ3) is 1.57. The molecule has 0 radical (unpaired) electrons. The van der Waals surface area contributed by atoms with E-state index in [-0.39, 0.29) is 18.0 Å². The molecule has 2 unspecified atom stereocenters. The van der Waals surface area contributed by atoms with Crippen LogP contribution in [0.3, 0.4) is 0 Å². The number of ether oxygens (including phenoxy) is 1. The smallest absolute Gasteiger partial charge is 0.342 e. The Hall–Kier alpha value is -1.96. The van der Waals surface area contributed by atoms with E-state index in [2.05, 4.69) is 10.1 Å². The third-order valence-corrected chi connectivity index (χ3v) is 3.26. The minimum absolute atomic E-state index is 0.0134. The Morgan fingerprint density at radius 1 is 1.61 bits per heavy atom. The molecule has 1 saturated heterocycles. The molecular weight excluding hydrogens is 240 g/mol.